The molecule has 1 aliphatic heterocycles. The van der Waals surface area contributed by atoms with Crippen LogP contribution in [0.1, 0.15) is 18.0 Å². The summed E-state index contributed by atoms with van der Waals surface area (Å²) in [7, 11) is 0. The maximum Gasteiger partial charge on any atom is 0.407 e. The number of carboxylic acid groups (broad SMARTS) is 1. The van der Waals surface area contributed by atoms with Crippen LogP contribution in [0.15, 0.2) is 12.4 Å². The Morgan fingerprint density at radius 2 is 2.50 bits per heavy atom. The molecule has 1 N–H and O–H groups in total. The van der Waals surface area contributed by atoms with E-state index in [0.717, 1.165) is 12.0 Å². The van der Waals surface area contributed by atoms with Gasteiger partial charge >= 0.3 is 6.09 Å². The number of aryl methyl sites for hydroxylation is 1. The monoisotopic (exact) mass is 195 g/mol. The predicted octanol–water partition coefficient (Wildman–Crippen LogP) is 1.12. The van der Waals surface area contributed by atoms with Crippen LogP contribution in [-0.4, -0.2) is 39.0 Å². The first-order valence-corrected chi connectivity index (χ1v) is 4.65. The van der Waals surface area contributed by atoms with Crippen molar-refractivity contribution in [2.24, 2.45) is 0 Å². The second-order valence-corrected chi connectivity index (χ2v) is 3.67. The maximum atomic E-state index is 10.7. The lowest BCUT2D eigenvalue weighted by molar-refractivity contribution is 0.154. The van der Waals surface area contributed by atoms with Crippen LogP contribution in [0.5, 0.6) is 0 Å². The van der Waals surface area contributed by atoms with Crippen molar-refractivity contribution in [2.45, 2.75) is 19.4 Å². The first kappa shape index (κ1) is 9.05. The van der Waals surface area contributed by atoms with E-state index >= 15 is 0 Å². The van der Waals surface area contributed by atoms with Gasteiger partial charge in [-0.05, 0) is 18.9 Å². The highest BCUT2D eigenvalue weighted by atomic mass is 16.4. The average Bonchev–Trinajstić information content (AvgIpc) is 2.70. The molecular formula is C9H13N3O2. The summed E-state index contributed by atoms with van der Waals surface area (Å²) in [6, 6.07) is 0.208. The Labute approximate surface area is 81.9 Å². The fraction of sp³-hybridized carbons (Fsp3) is 0.556. The van der Waals surface area contributed by atoms with Crippen molar-refractivity contribution in [3.63, 3.8) is 0 Å². The van der Waals surface area contributed by atoms with Gasteiger partial charge in [0.05, 0.1) is 12.2 Å². The third kappa shape index (κ3) is 1.57. The number of hydrogen-bond donors (Lipinski definition) is 1. The van der Waals surface area contributed by atoms with E-state index in [2.05, 4.69) is 5.10 Å². The molecule has 0 aromatic carbocycles. The summed E-state index contributed by atoms with van der Waals surface area (Å²) in [5.41, 5.74) is 1.11. The zero-order valence-corrected chi connectivity index (χ0v) is 8.05. The molecule has 1 aliphatic rings. The van der Waals surface area contributed by atoms with Crippen molar-refractivity contribution < 1.29 is 9.90 Å². The largest absolute Gasteiger partial charge is 0.465 e. The molecule has 1 unspecified atom stereocenters. The first-order valence-electron chi connectivity index (χ1n) is 4.65. The molecule has 1 amide bonds. The van der Waals surface area contributed by atoms with Gasteiger partial charge in [-0.15, -0.1) is 0 Å². The number of nitrogens with zero attached hydrogens (tertiary/aromatic N) is 3. The molecule has 0 aliphatic carbocycles. The molecule has 5 nitrogen and oxygen atoms in total. The van der Waals surface area contributed by atoms with Gasteiger partial charge in [0.2, 0.25) is 0 Å². The molecule has 14 heavy (non-hydrogen) atoms. The zero-order chi connectivity index (χ0) is 10.1. The van der Waals surface area contributed by atoms with E-state index in [1.165, 1.54) is 4.90 Å². The lowest BCUT2D eigenvalue weighted by Crippen LogP contribution is -2.27. The summed E-state index contributed by atoms with van der Waals surface area (Å²) < 4.78 is 1.86. The Morgan fingerprint density at radius 1 is 1.71 bits per heavy atom. The van der Waals surface area contributed by atoms with Gasteiger partial charge in [0.15, 0.2) is 0 Å². The van der Waals surface area contributed by atoms with Gasteiger partial charge in [-0.25, -0.2) is 4.79 Å². The summed E-state index contributed by atoms with van der Waals surface area (Å²) >= 11 is 0. The molecule has 1 fully saturated rings. The summed E-state index contributed by atoms with van der Waals surface area (Å²) in [5, 5.41) is 13.0. The number of carbonyl (C=O) groups is 1. The first-order chi connectivity index (χ1) is 6.66. The third-order valence-electron chi connectivity index (χ3n) is 2.54. The molecule has 0 saturated carbocycles. The Kier molecular flexibility index (Phi) is 2.15. The summed E-state index contributed by atoms with van der Waals surface area (Å²) in [5.74, 6) is 0. The van der Waals surface area contributed by atoms with E-state index in [1.807, 2.05) is 17.8 Å². The van der Waals surface area contributed by atoms with Crippen LogP contribution in [0.3, 0.4) is 0 Å². The fourth-order valence-electron chi connectivity index (χ4n) is 1.76. The number of rotatable bonds is 1. The molecule has 0 bridgehead atoms. The molecule has 2 heterocycles. The molecule has 5 heteroatoms. The SMILES string of the molecule is Cc1cnn(C2CCN(C(=O)O)C2)c1. The minimum atomic E-state index is -0.837. The van der Waals surface area contributed by atoms with Crippen LogP contribution in [0, 0.1) is 6.92 Å². The quantitative estimate of drug-likeness (QED) is 0.730. The van der Waals surface area contributed by atoms with Gasteiger partial charge in [0.1, 0.15) is 0 Å². The van der Waals surface area contributed by atoms with Gasteiger partial charge in [-0.1, -0.05) is 0 Å². The highest BCUT2D eigenvalue weighted by Gasteiger charge is 2.27. The number of likely N-dealkylation sites (tertiary alicyclic amines) is 1. The number of aromatic nitrogens is 2. The van der Waals surface area contributed by atoms with Crippen LogP contribution in [-0.2, 0) is 0 Å². The topological polar surface area (TPSA) is 58.4 Å². The van der Waals surface area contributed by atoms with Crippen molar-refractivity contribution in [3.8, 4) is 0 Å². The number of hydrogen-bond acceptors (Lipinski definition) is 2. The van der Waals surface area contributed by atoms with Gasteiger partial charge in [-0.2, -0.15) is 5.10 Å². The summed E-state index contributed by atoms with van der Waals surface area (Å²) in [6.07, 6.45) is 3.77. The molecular weight excluding hydrogens is 182 g/mol. The van der Waals surface area contributed by atoms with Crippen LogP contribution < -0.4 is 0 Å². The second-order valence-electron chi connectivity index (χ2n) is 3.67. The van der Waals surface area contributed by atoms with Crippen molar-refractivity contribution in [1.29, 1.82) is 0 Å². The van der Waals surface area contributed by atoms with E-state index in [1.54, 1.807) is 6.20 Å². The minimum absolute atomic E-state index is 0.208. The summed E-state index contributed by atoms with van der Waals surface area (Å²) in [6.45, 7) is 3.14. The van der Waals surface area contributed by atoms with Crippen molar-refractivity contribution in [1.82, 2.24) is 14.7 Å². The Morgan fingerprint density at radius 3 is 3.00 bits per heavy atom. The van der Waals surface area contributed by atoms with Gasteiger partial charge < -0.3 is 10.0 Å². The molecule has 2 rings (SSSR count). The molecule has 1 aromatic heterocycles. The lowest BCUT2D eigenvalue weighted by atomic mass is 10.3. The van der Waals surface area contributed by atoms with Crippen molar-refractivity contribution in [2.75, 3.05) is 13.1 Å². The zero-order valence-electron chi connectivity index (χ0n) is 8.05. The highest BCUT2D eigenvalue weighted by Crippen LogP contribution is 2.20. The minimum Gasteiger partial charge on any atom is -0.465 e. The van der Waals surface area contributed by atoms with Crippen molar-refractivity contribution >= 4 is 6.09 Å². The molecule has 1 aromatic rings. The Balaban J connectivity index is 2.05. The van der Waals surface area contributed by atoms with E-state index in [0.29, 0.717) is 13.1 Å². The van der Waals surface area contributed by atoms with Crippen molar-refractivity contribution in [3.05, 3.63) is 18.0 Å². The molecule has 76 valence electrons. The predicted molar refractivity (Wildman–Crippen MR) is 50.2 cm³/mol. The Bertz CT molecular complexity index is 348. The van der Waals surface area contributed by atoms with E-state index in [9.17, 15) is 4.79 Å². The van der Waals surface area contributed by atoms with Gasteiger partial charge in [0.25, 0.3) is 0 Å². The average molecular weight is 195 g/mol. The van der Waals surface area contributed by atoms with Gasteiger partial charge in [-0.3, -0.25) is 4.68 Å². The second kappa shape index (κ2) is 3.32. The molecule has 0 radical (unpaired) electrons. The maximum absolute atomic E-state index is 10.7. The van der Waals surface area contributed by atoms with E-state index in [4.69, 9.17) is 5.11 Å². The molecule has 1 atom stereocenters. The van der Waals surface area contributed by atoms with Crippen LogP contribution in [0.2, 0.25) is 0 Å². The fourth-order valence-corrected chi connectivity index (χ4v) is 1.76. The van der Waals surface area contributed by atoms with Crippen LogP contribution in [0.4, 0.5) is 4.79 Å². The molecule has 1 saturated heterocycles. The highest BCUT2D eigenvalue weighted by molar-refractivity contribution is 5.65. The van der Waals surface area contributed by atoms with Crippen LogP contribution in [0.25, 0.3) is 0 Å². The molecule has 0 spiro atoms. The standard InChI is InChI=1S/C9H13N3O2/c1-7-4-10-12(5-7)8-2-3-11(6-8)9(13)14/h4-5,8H,2-3,6H2,1H3,(H,13,14). The van der Waals surface area contributed by atoms with E-state index in [-0.39, 0.29) is 6.04 Å². The van der Waals surface area contributed by atoms with Gasteiger partial charge in [0, 0.05) is 19.3 Å². The summed E-state index contributed by atoms with van der Waals surface area (Å²) in [4.78, 5) is 12.1. The van der Waals surface area contributed by atoms with Crippen LogP contribution >= 0.6 is 0 Å². The lowest BCUT2D eigenvalue weighted by Gasteiger charge is -2.12. The third-order valence-corrected chi connectivity index (χ3v) is 2.54. The normalized spacial score (nSPS) is 21.5. The Hall–Kier alpha value is -1.52. The number of amides is 1. The smallest absolute Gasteiger partial charge is 0.407 e. The van der Waals surface area contributed by atoms with E-state index < -0.39 is 6.09 Å².